The van der Waals surface area contributed by atoms with E-state index in [2.05, 4.69) is 25.6 Å². The van der Waals surface area contributed by atoms with Crippen molar-refractivity contribution in [2.75, 3.05) is 38.7 Å². The van der Waals surface area contributed by atoms with Gasteiger partial charge in [-0.05, 0) is 55.3 Å². The molecule has 11 heteroatoms. The van der Waals surface area contributed by atoms with Crippen LogP contribution < -0.4 is 10.6 Å². The number of imidazole rings is 1. The van der Waals surface area contributed by atoms with Crippen LogP contribution in [0, 0.1) is 5.82 Å². The van der Waals surface area contributed by atoms with Crippen molar-refractivity contribution in [1.82, 2.24) is 29.4 Å². The van der Waals surface area contributed by atoms with Gasteiger partial charge in [-0.2, -0.15) is 5.10 Å². The number of rotatable bonds is 9. The number of pyridine rings is 1. The van der Waals surface area contributed by atoms with Gasteiger partial charge in [0, 0.05) is 56.8 Å². The molecule has 4 aromatic rings. The Bertz CT molecular complexity index is 1460. The first-order valence-corrected chi connectivity index (χ1v) is 12.5. The topological polar surface area (TPSA) is 106 Å². The van der Waals surface area contributed by atoms with Gasteiger partial charge < -0.3 is 15.4 Å². The number of aryl methyl sites for hydroxylation is 1. The zero-order chi connectivity index (χ0) is 26.6. The van der Waals surface area contributed by atoms with Crippen LogP contribution in [0.2, 0.25) is 0 Å². The Morgan fingerprint density at radius 1 is 1.16 bits per heavy atom. The summed E-state index contributed by atoms with van der Waals surface area (Å²) in [4.78, 5) is 32.4. The number of benzene rings is 1. The molecule has 1 aliphatic heterocycles. The molecule has 3 aromatic heterocycles. The van der Waals surface area contributed by atoms with Crippen molar-refractivity contribution in [3.63, 3.8) is 0 Å². The Morgan fingerprint density at radius 2 is 2.03 bits per heavy atom. The van der Waals surface area contributed by atoms with E-state index >= 15 is 0 Å². The van der Waals surface area contributed by atoms with E-state index in [9.17, 15) is 14.0 Å². The number of amides is 2. The number of carbonyl (C=O) groups is 2. The lowest BCUT2D eigenvalue weighted by atomic mass is 10.1. The van der Waals surface area contributed by atoms with Gasteiger partial charge in [0.25, 0.3) is 11.8 Å². The number of likely N-dealkylation sites (tertiary alicyclic amines) is 1. The largest absolute Gasteiger partial charge is 0.383 e. The second kappa shape index (κ2) is 11.1. The molecule has 38 heavy (non-hydrogen) atoms. The summed E-state index contributed by atoms with van der Waals surface area (Å²) in [6, 6.07) is 7.99. The number of fused-ring (bicyclic) bond motifs is 1. The smallest absolute Gasteiger partial charge is 0.274 e. The maximum atomic E-state index is 14.6. The predicted octanol–water partition coefficient (Wildman–Crippen LogP) is 2.97. The minimum atomic E-state index is -0.637. The molecule has 2 amide bonds. The predicted molar refractivity (Wildman–Crippen MR) is 141 cm³/mol. The molecule has 4 heterocycles. The van der Waals surface area contributed by atoms with Gasteiger partial charge >= 0.3 is 0 Å². The number of ether oxygens (including phenoxy) is 1. The molecule has 10 nitrogen and oxygen atoms in total. The second-order valence-electron chi connectivity index (χ2n) is 9.38. The van der Waals surface area contributed by atoms with Crippen LogP contribution in [0.15, 0.2) is 55.1 Å². The van der Waals surface area contributed by atoms with Gasteiger partial charge in [-0.3, -0.25) is 23.6 Å². The quantitative estimate of drug-likeness (QED) is 0.352. The molecule has 1 aliphatic rings. The Balaban J connectivity index is 1.24. The fourth-order valence-electron chi connectivity index (χ4n) is 4.83. The van der Waals surface area contributed by atoms with E-state index in [0.717, 1.165) is 30.5 Å². The monoisotopic (exact) mass is 519 g/mol. The van der Waals surface area contributed by atoms with Crippen molar-refractivity contribution >= 4 is 23.1 Å². The van der Waals surface area contributed by atoms with E-state index in [1.807, 2.05) is 25.4 Å². The summed E-state index contributed by atoms with van der Waals surface area (Å²) in [6.45, 7) is 2.82. The number of nitrogens with zero attached hydrogens (tertiary/aromatic N) is 5. The first-order chi connectivity index (χ1) is 18.4. The second-order valence-corrected chi connectivity index (χ2v) is 9.38. The van der Waals surface area contributed by atoms with Crippen molar-refractivity contribution in [1.29, 1.82) is 0 Å². The van der Waals surface area contributed by atoms with E-state index < -0.39 is 11.7 Å². The van der Waals surface area contributed by atoms with E-state index in [-0.39, 0.29) is 22.9 Å². The lowest BCUT2D eigenvalue weighted by Gasteiger charge is -2.23. The zero-order valence-corrected chi connectivity index (χ0v) is 21.4. The first kappa shape index (κ1) is 25.6. The van der Waals surface area contributed by atoms with Crippen LogP contribution in [0.5, 0.6) is 0 Å². The molecule has 0 spiro atoms. The third kappa shape index (κ3) is 5.43. The summed E-state index contributed by atoms with van der Waals surface area (Å²) >= 11 is 0. The van der Waals surface area contributed by atoms with Crippen molar-refractivity contribution in [2.45, 2.75) is 18.9 Å². The van der Waals surface area contributed by atoms with Crippen molar-refractivity contribution in [2.24, 2.45) is 7.05 Å². The number of hydrogen-bond acceptors (Lipinski definition) is 6. The Morgan fingerprint density at radius 3 is 2.82 bits per heavy atom. The van der Waals surface area contributed by atoms with Crippen molar-refractivity contribution in [3.05, 3.63) is 72.2 Å². The fraction of sp³-hybridized carbons (Fsp3) is 0.333. The highest BCUT2D eigenvalue weighted by Crippen LogP contribution is 2.22. The summed E-state index contributed by atoms with van der Waals surface area (Å²) in [5.41, 5.74) is 2.82. The minimum Gasteiger partial charge on any atom is -0.383 e. The molecular formula is C27H30FN7O3. The first-order valence-electron chi connectivity index (χ1n) is 12.5. The SMILES string of the molecule is COC[C@H]1CCCN1CCNC(=O)c1ccc(F)c(NC(=O)c2cnc3cc(-c4cnn(C)c4)ccn23)c1. The molecule has 0 bridgehead atoms. The Kier molecular flexibility index (Phi) is 7.47. The van der Waals surface area contributed by atoms with Gasteiger partial charge in [0.05, 0.1) is 24.7 Å². The molecule has 1 saturated heterocycles. The maximum Gasteiger partial charge on any atom is 0.274 e. The summed E-state index contributed by atoms with van der Waals surface area (Å²) in [7, 11) is 3.53. The molecule has 1 aromatic carbocycles. The summed E-state index contributed by atoms with van der Waals surface area (Å²) in [5, 5.41) is 9.64. The molecule has 198 valence electrons. The average molecular weight is 520 g/mol. The number of carbonyl (C=O) groups excluding carboxylic acids is 2. The maximum absolute atomic E-state index is 14.6. The van der Waals surface area contributed by atoms with Crippen LogP contribution in [0.4, 0.5) is 10.1 Å². The molecule has 1 atom stereocenters. The lowest BCUT2D eigenvalue weighted by molar-refractivity contribution is 0.0931. The third-order valence-corrected chi connectivity index (χ3v) is 6.80. The highest BCUT2D eigenvalue weighted by Gasteiger charge is 2.24. The van der Waals surface area contributed by atoms with Gasteiger partial charge in [-0.25, -0.2) is 9.37 Å². The molecular weight excluding hydrogens is 489 g/mol. The minimum absolute atomic E-state index is 0.0794. The lowest BCUT2D eigenvalue weighted by Crippen LogP contribution is -2.39. The standard InChI is InChI=1S/C27H30FN7O3/c1-33-16-20(14-31-33)18-7-10-35-24(15-30-25(35)13-18)27(37)32-23-12-19(5-6-22(23)28)26(36)29-8-11-34-9-3-4-21(34)17-38-2/h5-7,10,12-16,21H,3-4,8-9,11,17H2,1-2H3,(H,29,36)(H,32,37)/t21-/m1/s1. The van der Waals surface area contributed by atoms with Crippen molar-refractivity contribution in [3.8, 4) is 11.1 Å². The number of nitrogens with one attached hydrogen (secondary N) is 2. The number of methoxy groups -OCH3 is 1. The van der Waals surface area contributed by atoms with Crippen LogP contribution in [0.25, 0.3) is 16.8 Å². The van der Waals surface area contributed by atoms with Crippen molar-refractivity contribution < 1.29 is 18.7 Å². The molecule has 5 rings (SSSR count). The average Bonchev–Trinajstić information content (AvgIpc) is 3.65. The number of aromatic nitrogens is 4. The summed E-state index contributed by atoms with van der Waals surface area (Å²) < 4.78 is 23.2. The van der Waals surface area contributed by atoms with Gasteiger partial charge in [0.2, 0.25) is 0 Å². The summed E-state index contributed by atoms with van der Waals surface area (Å²) in [5.74, 6) is -1.51. The van der Waals surface area contributed by atoms with Crippen LogP contribution in [-0.2, 0) is 11.8 Å². The highest BCUT2D eigenvalue weighted by atomic mass is 19.1. The molecule has 0 saturated carbocycles. The normalized spacial score (nSPS) is 15.7. The molecule has 0 radical (unpaired) electrons. The number of hydrogen-bond donors (Lipinski definition) is 2. The van der Waals surface area contributed by atoms with E-state index in [0.29, 0.717) is 31.4 Å². The number of anilines is 1. The highest BCUT2D eigenvalue weighted by molar-refractivity contribution is 6.04. The van der Waals surface area contributed by atoms with Gasteiger partial charge in [0.15, 0.2) is 0 Å². The van der Waals surface area contributed by atoms with Crippen LogP contribution in [0.3, 0.4) is 0 Å². The fourth-order valence-corrected chi connectivity index (χ4v) is 4.83. The molecule has 0 aliphatic carbocycles. The number of halogens is 1. The molecule has 0 unspecified atom stereocenters. The van der Waals surface area contributed by atoms with Crippen LogP contribution >= 0.6 is 0 Å². The zero-order valence-electron chi connectivity index (χ0n) is 21.4. The van der Waals surface area contributed by atoms with Crippen LogP contribution in [-0.4, -0.2) is 75.3 Å². The summed E-state index contributed by atoms with van der Waals surface area (Å²) in [6.07, 6.45) is 9.00. The molecule has 2 N–H and O–H groups in total. The van der Waals surface area contributed by atoms with E-state index in [1.54, 1.807) is 28.6 Å². The van der Waals surface area contributed by atoms with Gasteiger partial charge in [0.1, 0.15) is 17.2 Å². The third-order valence-electron chi connectivity index (χ3n) is 6.80. The Labute approximate surface area is 219 Å². The molecule has 1 fully saturated rings. The van der Waals surface area contributed by atoms with E-state index in [4.69, 9.17) is 4.74 Å². The van der Waals surface area contributed by atoms with Gasteiger partial charge in [-0.15, -0.1) is 0 Å². The van der Waals surface area contributed by atoms with E-state index in [1.165, 1.54) is 24.4 Å². The van der Waals surface area contributed by atoms with Gasteiger partial charge in [-0.1, -0.05) is 0 Å². The Hall–Kier alpha value is -4.09. The van der Waals surface area contributed by atoms with Crippen LogP contribution in [0.1, 0.15) is 33.7 Å².